The minimum atomic E-state index is -3.54. The molecule has 108 valence electrons. The van der Waals surface area contributed by atoms with Crippen LogP contribution in [-0.2, 0) is 14.8 Å². The molecule has 5 nitrogen and oxygen atoms in total. The number of hydrogen-bond donors (Lipinski definition) is 0. The zero-order chi connectivity index (χ0) is 14.5. The van der Waals surface area contributed by atoms with Crippen LogP contribution in [0.15, 0.2) is 21.7 Å². The smallest absolute Gasteiger partial charge is 0.252 e. The summed E-state index contributed by atoms with van der Waals surface area (Å²) >= 11 is 1.15. The molecule has 7 heteroatoms. The van der Waals surface area contributed by atoms with Crippen molar-refractivity contribution in [3.63, 3.8) is 0 Å². The van der Waals surface area contributed by atoms with E-state index in [-0.39, 0.29) is 16.7 Å². The van der Waals surface area contributed by atoms with Crippen molar-refractivity contribution in [3.05, 3.63) is 17.5 Å². The molecule has 1 aromatic heterocycles. The summed E-state index contributed by atoms with van der Waals surface area (Å²) in [5, 5.41) is 1.70. The SMILES string of the molecule is CCCCN(C)C(=O)CN(C)S(=O)(=O)c1cccs1. The highest BCUT2D eigenvalue weighted by atomic mass is 32.2. The minimum absolute atomic E-state index is 0.125. The lowest BCUT2D eigenvalue weighted by Gasteiger charge is -2.21. The molecule has 0 saturated heterocycles. The van der Waals surface area contributed by atoms with E-state index < -0.39 is 10.0 Å². The van der Waals surface area contributed by atoms with E-state index in [9.17, 15) is 13.2 Å². The predicted molar refractivity (Wildman–Crippen MR) is 76.7 cm³/mol. The lowest BCUT2D eigenvalue weighted by atomic mass is 10.3. The van der Waals surface area contributed by atoms with Gasteiger partial charge in [-0.2, -0.15) is 4.31 Å². The molecule has 0 N–H and O–H groups in total. The first-order valence-electron chi connectivity index (χ1n) is 6.13. The summed E-state index contributed by atoms with van der Waals surface area (Å²) in [5.41, 5.74) is 0. The summed E-state index contributed by atoms with van der Waals surface area (Å²) in [5.74, 6) is -0.184. The minimum Gasteiger partial charge on any atom is -0.345 e. The number of amides is 1. The Morgan fingerprint density at radius 1 is 1.37 bits per heavy atom. The largest absolute Gasteiger partial charge is 0.345 e. The molecule has 1 heterocycles. The zero-order valence-corrected chi connectivity index (χ0v) is 13.1. The highest BCUT2D eigenvalue weighted by Crippen LogP contribution is 2.19. The molecule has 1 aromatic rings. The van der Waals surface area contributed by atoms with E-state index >= 15 is 0 Å². The van der Waals surface area contributed by atoms with E-state index in [4.69, 9.17) is 0 Å². The van der Waals surface area contributed by atoms with E-state index in [0.717, 1.165) is 28.5 Å². The summed E-state index contributed by atoms with van der Waals surface area (Å²) in [6.45, 7) is 2.58. The van der Waals surface area contributed by atoms with Gasteiger partial charge in [0.05, 0.1) is 6.54 Å². The maximum atomic E-state index is 12.1. The first-order chi connectivity index (χ1) is 8.89. The molecule has 1 rings (SSSR count). The Morgan fingerprint density at radius 2 is 2.05 bits per heavy atom. The van der Waals surface area contributed by atoms with Crippen LogP contribution < -0.4 is 0 Å². The van der Waals surface area contributed by atoms with Crippen LogP contribution in [0.3, 0.4) is 0 Å². The third-order valence-electron chi connectivity index (χ3n) is 2.79. The van der Waals surface area contributed by atoms with Gasteiger partial charge in [-0.15, -0.1) is 11.3 Å². The Labute approximate surface area is 118 Å². The predicted octanol–water partition coefficient (Wildman–Crippen LogP) is 1.63. The Balaban J connectivity index is 2.64. The topological polar surface area (TPSA) is 57.7 Å². The Kier molecular flexibility index (Phi) is 5.96. The number of sulfonamides is 1. The summed E-state index contributed by atoms with van der Waals surface area (Å²) in [7, 11) is -0.411. The number of likely N-dealkylation sites (N-methyl/N-ethyl adjacent to an activating group) is 2. The van der Waals surface area contributed by atoms with Crippen LogP contribution in [0.4, 0.5) is 0 Å². The third-order valence-corrected chi connectivity index (χ3v) is 5.97. The van der Waals surface area contributed by atoms with Crippen LogP contribution in [0.5, 0.6) is 0 Å². The average molecular weight is 304 g/mol. The van der Waals surface area contributed by atoms with Crippen molar-refractivity contribution in [2.24, 2.45) is 0 Å². The van der Waals surface area contributed by atoms with Gasteiger partial charge in [0, 0.05) is 20.6 Å². The first-order valence-corrected chi connectivity index (χ1v) is 8.45. The molecular weight excluding hydrogens is 284 g/mol. The van der Waals surface area contributed by atoms with Crippen LogP contribution in [0, 0.1) is 0 Å². The molecule has 0 aliphatic heterocycles. The van der Waals surface area contributed by atoms with Crippen LogP contribution >= 0.6 is 11.3 Å². The molecule has 0 aliphatic carbocycles. The van der Waals surface area contributed by atoms with Gasteiger partial charge in [0.25, 0.3) is 10.0 Å². The molecule has 0 atom stereocenters. The molecule has 1 amide bonds. The van der Waals surface area contributed by atoms with Gasteiger partial charge in [-0.05, 0) is 17.9 Å². The van der Waals surface area contributed by atoms with E-state index in [0.29, 0.717) is 6.54 Å². The van der Waals surface area contributed by atoms with E-state index in [2.05, 4.69) is 0 Å². The van der Waals surface area contributed by atoms with Crippen molar-refractivity contribution in [2.75, 3.05) is 27.2 Å². The van der Waals surface area contributed by atoms with Crippen molar-refractivity contribution in [2.45, 2.75) is 24.0 Å². The maximum Gasteiger partial charge on any atom is 0.252 e. The van der Waals surface area contributed by atoms with Crippen molar-refractivity contribution in [1.29, 1.82) is 0 Å². The summed E-state index contributed by atoms with van der Waals surface area (Å²) < 4.78 is 25.6. The molecule has 0 aliphatic rings. The lowest BCUT2D eigenvalue weighted by molar-refractivity contribution is -0.129. The number of thiophene rings is 1. The normalized spacial score (nSPS) is 11.8. The third kappa shape index (κ3) is 4.29. The second kappa shape index (κ2) is 7.02. The van der Waals surface area contributed by atoms with Gasteiger partial charge >= 0.3 is 0 Å². The molecule has 0 unspecified atom stereocenters. The monoisotopic (exact) mass is 304 g/mol. The van der Waals surface area contributed by atoms with Crippen LogP contribution in [-0.4, -0.2) is 50.7 Å². The second-order valence-corrected chi connectivity index (χ2v) is 7.58. The van der Waals surface area contributed by atoms with E-state index in [1.54, 1.807) is 29.5 Å². The Hall–Kier alpha value is -0.920. The average Bonchev–Trinajstić information content (AvgIpc) is 2.89. The van der Waals surface area contributed by atoms with Gasteiger partial charge in [0.1, 0.15) is 4.21 Å². The standard InChI is InChI=1S/C12H20N2O3S2/c1-4-5-8-13(2)11(15)10-14(3)19(16,17)12-7-6-9-18-12/h6-7,9H,4-5,8,10H2,1-3H3. The molecular formula is C12H20N2O3S2. The van der Waals surface area contributed by atoms with E-state index in [1.165, 1.54) is 7.05 Å². The van der Waals surface area contributed by atoms with Gasteiger partial charge < -0.3 is 4.90 Å². The summed E-state index contributed by atoms with van der Waals surface area (Å²) in [4.78, 5) is 13.5. The van der Waals surface area contributed by atoms with Gasteiger partial charge in [0.15, 0.2) is 0 Å². The number of rotatable bonds is 7. The van der Waals surface area contributed by atoms with Crippen molar-refractivity contribution in [1.82, 2.24) is 9.21 Å². The van der Waals surface area contributed by atoms with Crippen molar-refractivity contribution >= 4 is 27.3 Å². The molecule has 0 spiro atoms. The van der Waals surface area contributed by atoms with Crippen LogP contribution in [0.25, 0.3) is 0 Å². The summed E-state index contributed by atoms with van der Waals surface area (Å²) in [6.07, 6.45) is 1.92. The maximum absolute atomic E-state index is 12.1. The highest BCUT2D eigenvalue weighted by Gasteiger charge is 2.24. The molecule has 0 radical (unpaired) electrons. The fraction of sp³-hybridized carbons (Fsp3) is 0.583. The highest BCUT2D eigenvalue weighted by molar-refractivity contribution is 7.91. The van der Waals surface area contributed by atoms with Crippen molar-refractivity contribution in [3.8, 4) is 0 Å². The van der Waals surface area contributed by atoms with Gasteiger partial charge in [0.2, 0.25) is 5.91 Å². The van der Waals surface area contributed by atoms with Crippen LogP contribution in [0.2, 0.25) is 0 Å². The van der Waals surface area contributed by atoms with Crippen LogP contribution in [0.1, 0.15) is 19.8 Å². The molecule has 0 bridgehead atoms. The quantitative estimate of drug-likeness (QED) is 0.769. The molecule has 19 heavy (non-hydrogen) atoms. The Bertz CT molecular complexity index is 497. The zero-order valence-electron chi connectivity index (χ0n) is 11.5. The first kappa shape index (κ1) is 16.1. The van der Waals surface area contributed by atoms with Gasteiger partial charge in [-0.25, -0.2) is 8.42 Å². The van der Waals surface area contributed by atoms with Gasteiger partial charge in [-0.1, -0.05) is 19.4 Å². The molecule has 0 saturated carbocycles. The lowest BCUT2D eigenvalue weighted by Crippen LogP contribution is -2.39. The summed E-state index contributed by atoms with van der Waals surface area (Å²) in [6, 6.07) is 3.22. The number of unbranched alkanes of at least 4 members (excludes halogenated alkanes) is 1. The fourth-order valence-corrected chi connectivity index (χ4v) is 3.80. The number of carbonyl (C=O) groups excluding carboxylic acids is 1. The molecule has 0 aromatic carbocycles. The van der Waals surface area contributed by atoms with Crippen molar-refractivity contribution < 1.29 is 13.2 Å². The fourth-order valence-electron chi connectivity index (χ4n) is 1.48. The van der Waals surface area contributed by atoms with Gasteiger partial charge in [-0.3, -0.25) is 4.79 Å². The number of hydrogen-bond acceptors (Lipinski definition) is 4. The Morgan fingerprint density at radius 3 is 2.58 bits per heavy atom. The number of carbonyl (C=O) groups is 1. The number of nitrogens with zero attached hydrogens (tertiary/aromatic N) is 2. The molecule has 0 fully saturated rings. The van der Waals surface area contributed by atoms with E-state index in [1.807, 2.05) is 6.92 Å². The second-order valence-electron chi connectivity index (χ2n) is 4.36.